The lowest BCUT2D eigenvalue weighted by Gasteiger charge is -2.17. The van der Waals surface area contributed by atoms with Crippen molar-refractivity contribution in [3.05, 3.63) is 70.4 Å². The molecule has 2 aromatic carbocycles. The first-order chi connectivity index (χ1) is 13.3. The number of aromatic hydroxyl groups is 1. The molecule has 0 atom stereocenters. The van der Waals surface area contributed by atoms with Gasteiger partial charge in [-0.15, -0.1) is 0 Å². The van der Waals surface area contributed by atoms with Crippen LogP contribution in [0.2, 0.25) is 0 Å². The maximum Gasteiger partial charge on any atom is 0.488 e. The standard InChI is InChI=1S/C20H13BO7/c22-11-2-5-14-17(8-11)28-18-9-12(23)3-6-15(18)19(14)13-4-1-10(21(26)27)7-16(13)20(24)25/h1-9,22,26-27H,(H,24,25). The maximum absolute atomic E-state index is 11.9. The Morgan fingerprint density at radius 2 is 1.68 bits per heavy atom. The van der Waals surface area contributed by atoms with Crippen molar-refractivity contribution in [2.45, 2.75) is 0 Å². The highest BCUT2D eigenvalue weighted by atomic mass is 16.4. The fourth-order valence-corrected chi connectivity index (χ4v) is 3.27. The van der Waals surface area contributed by atoms with Crippen molar-refractivity contribution in [1.82, 2.24) is 0 Å². The van der Waals surface area contributed by atoms with Gasteiger partial charge in [0, 0.05) is 28.6 Å². The van der Waals surface area contributed by atoms with Crippen LogP contribution in [-0.4, -0.2) is 33.3 Å². The number of aromatic carboxylic acids is 1. The van der Waals surface area contributed by atoms with Crippen molar-refractivity contribution in [2.24, 2.45) is 0 Å². The van der Waals surface area contributed by atoms with Crippen LogP contribution in [0.4, 0.5) is 0 Å². The lowest BCUT2D eigenvalue weighted by molar-refractivity contribution is 0.0698. The summed E-state index contributed by atoms with van der Waals surface area (Å²) in [6.07, 6.45) is 0. The molecule has 0 spiro atoms. The van der Waals surface area contributed by atoms with Gasteiger partial charge < -0.3 is 24.7 Å². The van der Waals surface area contributed by atoms with Crippen molar-refractivity contribution < 1.29 is 29.5 Å². The van der Waals surface area contributed by atoms with Crippen LogP contribution < -0.4 is 10.9 Å². The van der Waals surface area contributed by atoms with E-state index in [1.807, 2.05) is 0 Å². The van der Waals surface area contributed by atoms with Gasteiger partial charge in [0.15, 0.2) is 5.43 Å². The first-order valence-corrected chi connectivity index (χ1v) is 8.28. The van der Waals surface area contributed by atoms with Crippen molar-refractivity contribution in [2.75, 3.05) is 0 Å². The Balaban J connectivity index is 2.16. The Morgan fingerprint density at radius 1 is 0.929 bits per heavy atom. The van der Waals surface area contributed by atoms with Gasteiger partial charge in [-0.2, -0.15) is 0 Å². The fraction of sp³-hybridized carbons (Fsp3) is 0. The SMILES string of the molecule is O=C(O)c1cc(B(O)O)ccc1-c1c2ccc(=O)cc-2oc2cc(O)ccc12. The zero-order valence-electron chi connectivity index (χ0n) is 14.3. The molecule has 8 heteroatoms. The quantitative estimate of drug-likeness (QED) is 0.316. The second-order valence-corrected chi connectivity index (χ2v) is 6.30. The smallest absolute Gasteiger partial charge is 0.488 e. The van der Waals surface area contributed by atoms with E-state index in [1.165, 1.54) is 42.5 Å². The Bertz CT molecular complexity index is 1260. The van der Waals surface area contributed by atoms with Crippen LogP contribution in [0.1, 0.15) is 10.4 Å². The third kappa shape index (κ3) is 2.90. The van der Waals surface area contributed by atoms with E-state index < -0.39 is 13.1 Å². The molecule has 0 aromatic heterocycles. The molecule has 4 rings (SSSR count). The van der Waals surface area contributed by atoms with E-state index in [-0.39, 0.29) is 33.5 Å². The lowest BCUT2D eigenvalue weighted by Crippen LogP contribution is -2.30. The predicted octanol–water partition coefficient (Wildman–Crippen LogP) is 1.65. The molecule has 1 aliphatic heterocycles. The monoisotopic (exact) mass is 376 g/mol. The average molecular weight is 376 g/mol. The normalized spacial score (nSPS) is 11.1. The highest BCUT2D eigenvalue weighted by Gasteiger charge is 2.23. The highest BCUT2D eigenvalue weighted by molar-refractivity contribution is 6.58. The number of phenolic OH excluding ortho intramolecular Hbond substituents is 1. The van der Waals surface area contributed by atoms with Gasteiger partial charge in [0.05, 0.1) is 5.56 Å². The average Bonchev–Trinajstić information content (AvgIpc) is 2.65. The summed E-state index contributed by atoms with van der Waals surface area (Å²) < 4.78 is 5.74. The predicted molar refractivity (Wildman–Crippen MR) is 103 cm³/mol. The summed E-state index contributed by atoms with van der Waals surface area (Å²) in [5.74, 6) is -1.06. The van der Waals surface area contributed by atoms with E-state index >= 15 is 0 Å². The summed E-state index contributed by atoms with van der Waals surface area (Å²) in [6, 6.07) is 12.7. The van der Waals surface area contributed by atoms with E-state index in [2.05, 4.69) is 0 Å². The first kappa shape index (κ1) is 17.8. The summed E-state index contributed by atoms with van der Waals surface area (Å²) in [5.41, 5.74) is 1.21. The molecule has 4 N–H and O–H groups in total. The molecule has 1 heterocycles. The molecule has 0 unspecified atom stereocenters. The van der Waals surface area contributed by atoms with Crippen LogP contribution in [-0.2, 0) is 0 Å². The van der Waals surface area contributed by atoms with Crippen molar-refractivity contribution in [3.8, 4) is 28.2 Å². The summed E-state index contributed by atoms with van der Waals surface area (Å²) in [5, 5.41) is 38.8. The van der Waals surface area contributed by atoms with Crippen LogP contribution in [0.5, 0.6) is 5.75 Å². The molecule has 0 saturated carbocycles. The molecular formula is C20H13BO7. The highest BCUT2D eigenvalue weighted by Crippen LogP contribution is 2.41. The summed E-state index contributed by atoms with van der Waals surface area (Å²) in [6.45, 7) is 0. The molecule has 0 radical (unpaired) electrons. The van der Waals surface area contributed by atoms with E-state index in [1.54, 1.807) is 12.1 Å². The van der Waals surface area contributed by atoms with E-state index in [0.717, 1.165) is 0 Å². The molecular weight excluding hydrogens is 363 g/mol. The number of hydrogen-bond donors (Lipinski definition) is 4. The van der Waals surface area contributed by atoms with Gasteiger partial charge in [0.1, 0.15) is 17.1 Å². The number of rotatable bonds is 3. The van der Waals surface area contributed by atoms with Crippen molar-refractivity contribution >= 4 is 29.5 Å². The molecule has 1 aliphatic carbocycles. The van der Waals surface area contributed by atoms with Crippen LogP contribution in [0.3, 0.4) is 0 Å². The molecule has 7 nitrogen and oxygen atoms in total. The molecule has 138 valence electrons. The minimum atomic E-state index is -1.81. The molecule has 0 bridgehead atoms. The second-order valence-electron chi connectivity index (χ2n) is 6.30. The zero-order chi connectivity index (χ0) is 20.0. The van der Waals surface area contributed by atoms with E-state index in [0.29, 0.717) is 22.1 Å². The fourth-order valence-electron chi connectivity index (χ4n) is 3.27. The number of carbonyl (C=O) groups is 1. The Hall–Kier alpha value is -3.62. The van der Waals surface area contributed by atoms with Gasteiger partial charge in [-0.1, -0.05) is 12.1 Å². The number of hydrogen-bond acceptors (Lipinski definition) is 6. The van der Waals surface area contributed by atoms with Gasteiger partial charge in [-0.3, -0.25) is 4.79 Å². The van der Waals surface area contributed by atoms with E-state index in [9.17, 15) is 29.9 Å². The van der Waals surface area contributed by atoms with E-state index in [4.69, 9.17) is 4.42 Å². The number of fused-ring (bicyclic) bond motifs is 2. The van der Waals surface area contributed by atoms with Crippen molar-refractivity contribution in [3.63, 3.8) is 0 Å². The summed E-state index contributed by atoms with van der Waals surface area (Å²) in [4.78, 5) is 23.6. The Morgan fingerprint density at radius 3 is 2.39 bits per heavy atom. The van der Waals surface area contributed by atoms with Gasteiger partial charge in [-0.25, -0.2) is 4.79 Å². The largest absolute Gasteiger partial charge is 0.508 e. The zero-order valence-corrected chi connectivity index (χ0v) is 14.3. The maximum atomic E-state index is 11.9. The molecule has 0 amide bonds. The third-order valence-electron chi connectivity index (χ3n) is 4.52. The number of carboxylic acid groups (broad SMARTS) is 1. The third-order valence-corrected chi connectivity index (χ3v) is 4.52. The first-order valence-electron chi connectivity index (χ1n) is 8.28. The van der Waals surface area contributed by atoms with Gasteiger partial charge in [0.25, 0.3) is 0 Å². The van der Waals surface area contributed by atoms with Gasteiger partial charge >= 0.3 is 13.1 Å². The lowest BCUT2D eigenvalue weighted by atomic mass is 9.78. The summed E-state index contributed by atoms with van der Waals surface area (Å²) in [7, 11) is -1.81. The van der Waals surface area contributed by atoms with Gasteiger partial charge in [-0.05, 0) is 41.4 Å². The van der Waals surface area contributed by atoms with Crippen LogP contribution in [0.15, 0.2) is 63.8 Å². The molecule has 2 aliphatic rings. The number of benzene rings is 3. The van der Waals surface area contributed by atoms with Crippen molar-refractivity contribution in [1.29, 1.82) is 0 Å². The number of carboxylic acids is 1. The molecule has 28 heavy (non-hydrogen) atoms. The van der Waals surface area contributed by atoms with Crippen LogP contribution in [0, 0.1) is 0 Å². The van der Waals surface area contributed by atoms with Gasteiger partial charge in [0.2, 0.25) is 0 Å². The minimum absolute atomic E-state index is 0.0369. The summed E-state index contributed by atoms with van der Waals surface area (Å²) >= 11 is 0. The molecule has 2 aromatic rings. The molecule has 0 saturated heterocycles. The van der Waals surface area contributed by atoms with Crippen LogP contribution >= 0.6 is 0 Å². The van der Waals surface area contributed by atoms with Crippen LogP contribution in [0.25, 0.3) is 33.4 Å². The second kappa shape index (κ2) is 6.52. The molecule has 0 fully saturated rings. The Labute approximate surface area is 158 Å². The minimum Gasteiger partial charge on any atom is -0.508 e. The number of phenols is 1. The topological polar surface area (TPSA) is 128 Å². The Kier molecular flexibility index (Phi) is 4.14.